The second kappa shape index (κ2) is 11.2. The quantitative estimate of drug-likeness (QED) is 0.527. The highest BCUT2D eigenvalue weighted by Gasteiger charge is 2.16. The summed E-state index contributed by atoms with van der Waals surface area (Å²) in [7, 11) is 1.63. The minimum absolute atomic E-state index is 0.0343. The Morgan fingerprint density at radius 2 is 1.83 bits per heavy atom. The van der Waals surface area contributed by atoms with Crippen LogP contribution >= 0.6 is 0 Å². The molecule has 7 nitrogen and oxygen atoms in total. The van der Waals surface area contributed by atoms with Crippen LogP contribution in [-0.2, 0) is 14.3 Å². The topological polar surface area (TPSA) is 88.7 Å². The van der Waals surface area contributed by atoms with Crippen LogP contribution in [0.25, 0.3) is 0 Å². The molecule has 0 saturated heterocycles. The van der Waals surface area contributed by atoms with Gasteiger partial charge in [0.1, 0.15) is 5.60 Å². The molecule has 0 radical (unpaired) electrons. The van der Waals surface area contributed by atoms with Crippen LogP contribution in [0.1, 0.15) is 47.5 Å². The Kier molecular flexibility index (Phi) is 10.6. The number of alkyl carbamates (subject to hydrolysis) is 1. The Labute approximate surface area is 139 Å². The van der Waals surface area contributed by atoms with Gasteiger partial charge in [-0.05, 0) is 47.5 Å². The molecule has 0 aromatic heterocycles. The van der Waals surface area contributed by atoms with E-state index in [4.69, 9.17) is 9.47 Å². The summed E-state index contributed by atoms with van der Waals surface area (Å²) < 4.78 is 10.3. The van der Waals surface area contributed by atoms with Crippen LogP contribution in [0.3, 0.4) is 0 Å². The number of nitrogens with one attached hydrogen (secondary N) is 3. The maximum absolute atomic E-state index is 11.6. The molecule has 3 N–H and O–H groups in total. The van der Waals surface area contributed by atoms with E-state index in [1.807, 2.05) is 34.6 Å². The molecule has 0 fully saturated rings. The monoisotopic (exact) mass is 331 g/mol. The van der Waals surface area contributed by atoms with Crippen molar-refractivity contribution in [3.63, 3.8) is 0 Å². The molecule has 0 aromatic carbocycles. The van der Waals surface area contributed by atoms with Gasteiger partial charge in [-0.2, -0.15) is 0 Å². The summed E-state index contributed by atoms with van der Waals surface area (Å²) in [4.78, 5) is 23.1. The number of carbonyl (C=O) groups is 2. The molecular formula is C16H33N3O4. The molecule has 0 aliphatic heterocycles. The number of ether oxygens (including phenoxy) is 2. The van der Waals surface area contributed by atoms with Crippen LogP contribution in [0.15, 0.2) is 0 Å². The van der Waals surface area contributed by atoms with Gasteiger partial charge in [0.25, 0.3) is 0 Å². The SMILES string of the molecule is COCC(CCCNC(=O)OC(C)(C)C)NCC(=O)NC(C)C. The van der Waals surface area contributed by atoms with Crippen molar-refractivity contribution in [3.8, 4) is 0 Å². The van der Waals surface area contributed by atoms with Crippen molar-refractivity contribution in [1.82, 2.24) is 16.0 Å². The van der Waals surface area contributed by atoms with E-state index in [1.165, 1.54) is 0 Å². The zero-order chi connectivity index (χ0) is 17.9. The van der Waals surface area contributed by atoms with Crippen LogP contribution in [0.5, 0.6) is 0 Å². The fraction of sp³-hybridized carbons (Fsp3) is 0.875. The fourth-order valence-electron chi connectivity index (χ4n) is 1.91. The van der Waals surface area contributed by atoms with Gasteiger partial charge in [-0.3, -0.25) is 4.79 Å². The summed E-state index contributed by atoms with van der Waals surface area (Å²) in [5.41, 5.74) is -0.492. The first-order valence-electron chi connectivity index (χ1n) is 8.12. The van der Waals surface area contributed by atoms with E-state index < -0.39 is 11.7 Å². The summed E-state index contributed by atoms with van der Waals surface area (Å²) >= 11 is 0. The highest BCUT2D eigenvalue weighted by molar-refractivity contribution is 5.78. The summed E-state index contributed by atoms with van der Waals surface area (Å²) in [5, 5.41) is 8.72. The zero-order valence-electron chi connectivity index (χ0n) is 15.3. The highest BCUT2D eigenvalue weighted by Crippen LogP contribution is 2.06. The van der Waals surface area contributed by atoms with Gasteiger partial charge in [0.2, 0.25) is 5.91 Å². The molecule has 7 heteroatoms. The molecule has 0 aromatic rings. The highest BCUT2D eigenvalue weighted by atomic mass is 16.6. The predicted octanol–water partition coefficient (Wildman–Crippen LogP) is 1.42. The van der Waals surface area contributed by atoms with Crippen LogP contribution < -0.4 is 16.0 Å². The first kappa shape index (κ1) is 21.7. The summed E-state index contributed by atoms with van der Waals surface area (Å²) in [5.74, 6) is -0.0343. The lowest BCUT2D eigenvalue weighted by molar-refractivity contribution is -0.120. The van der Waals surface area contributed by atoms with Crippen molar-refractivity contribution in [2.24, 2.45) is 0 Å². The maximum atomic E-state index is 11.6. The number of rotatable bonds is 10. The smallest absolute Gasteiger partial charge is 0.407 e. The van der Waals surface area contributed by atoms with Gasteiger partial charge >= 0.3 is 6.09 Å². The molecule has 0 bridgehead atoms. The molecule has 0 aliphatic carbocycles. The van der Waals surface area contributed by atoms with Gasteiger partial charge in [-0.25, -0.2) is 4.79 Å². The fourth-order valence-corrected chi connectivity index (χ4v) is 1.91. The van der Waals surface area contributed by atoms with E-state index in [0.717, 1.165) is 12.8 Å². The number of hydrogen-bond donors (Lipinski definition) is 3. The first-order valence-corrected chi connectivity index (χ1v) is 8.12. The third-order valence-corrected chi connectivity index (χ3v) is 2.77. The summed E-state index contributed by atoms with van der Waals surface area (Å²) in [6, 6.07) is 0.196. The van der Waals surface area contributed by atoms with E-state index in [2.05, 4.69) is 16.0 Å². The molecule has 136 valence electrons. The van der Waals surface area contributed by atoms with Gasteiger partial charge in [0, 0.05) is 25.7 Å². The van der Waals surface area contributed by atoms with Gasteiger partial charge in [-0.1, -0.05) is 0 Å². The van der Waals surface area contributed by atoms with Crippen molar-refractivity contribution >= 4 is 12.0 Å². The third-order valence-electron chi connectivity index (χ3n) is 2.77. The van der Waals surface area contributed by atoms with Crippen LogP contribution in [0, 0.1) is 0 Å². The van der Waals surface area contributed by atoms with Crippen molar-refractivity contribution in [1.29, 1.82) is 0 Å². The van der Waals surface area contributed by atoms with Crippen molar-refractivity contribution in [2.75, 3.05) is 26.8 Å². The lowest BCUT2D eigenvalue weighted by Gasteiger charge is -2.20. The normalized spacial score (nSPS) is 12.8. The van der Waals surface area contributed by atoms with E-state index in [1.54, 1.807) is 7.11 Å². The maximum Gasteiger partial charge on any atom is 0.407 e. The van der Waals surface area contributed by atoms with Crippen molar-refractivity contribution in [3.05, 3.63) is 0 Å². The standard InChI is InChI=1S/C16H33N3O4/c1-12(2)19-14(20)10-18-13(11-22-6)8-7-9-17-15(21)23-16(3,4)5/h12-13,18H,7-11H2,1-6H3,(H,17,21)(H,19,20). The molecule has 0 heterocycles. The van der Waals surface area contributed by atoms with Gasteiger partial charge in [0.05, 0.1) is 13.2 Å². The Morgan fingerprint density at radius 3 is 2.35 bits per heavy atom. The Morgan fingerprint density at radius 1 is 1.17 bits per heavy atom. The van der Waals surface area contributed by atoms with Gasteiger partial charge < -0.3 is 25.4 Å². The molecule has 1 unspecified atom stereocenters. The molecule has 2 amide bonds. The zero-order valence-corrected chi connectivity index (χ0v) is 15.3. The second-order valence-corrected chi connectivity index (χ2v) is 6.83. The Hall–Kier alpha value is -1.34. The van der Waals surface area contributed by atoms with Crippen molar-refractivity contribution < 1.29 is 19.1 Å². The van der Waals surface area contributed by atoms with E-state index in [-0.39, 0.29) is 24.5 Å². The van der Waals surface area contributed by atoms with E-state index >= 15 is 0 Å². The van der Waals surface area contributed by atoms with Crippen LogP contribution in [-0.4, -0.2) is 56.5 Å². The summed E-state index contributed by atoms with van der Waals surface area (Å²) in [6.07, 6.45) is 1.15. The van der Waals surface area contributed by atoms with Crippen molar-refractivity contribution in [2.45, 2.75) is 65.1 Å². The predicted molar refractivity (Wildman–Crippen MR) is 90.4 cm³/mol. The van der Waals surface area contributed by atoms with Gasteiger partial charge in [-0.15, -0.1) is 0 Å². The summed E-state index contributed by atoms with van der Waals surface area (Å²) in [6.45, 7) is 10.6. The van der Waals surface area contributed by atoms with E-state index in [9.17, 15) is 9.59 Å². The average molecular weight is 331 g/mol. The molecule has 23 heavy (non-hydrogen) atoms. The largest absolute Gasteiger partial charge is 0.444 e. The lowest BCUT2D eigenvalue weighted by Crippen LogP contribution is -2.43. The molecule has 0 rings (SSSR count). The lowest BCUT2D eigenvalue weighted by atomic mass is 10.1. The molecular weight excluding hydrogens is 298 g/mol. The number of amides is 2. The van der Waals surface area contributed by atoms with Crippen LogP contribution in [0.4, 0.5) is 4.79 Å². The number of carbonyl (C=O) groups excluding carboxylic acids is 2. The van der Waals surface area contributed by atoms with Gasteiger partial charge in [0.15, 0.2) is 0 Å². The molecule has 1 atom stereocenters. The molecule has 0 saturated carbocycles. The second-order valence-electron chi connectivity index (χ2n) is 6.83. The number of methoxy groups -OCH3 is 1. The minimum atomic E-state index is -0.492. The first-order chi connectivity index (χ1) is 10.6. The van der Waals surface area contributed by atoms with E-state index in [0.29, 0.717) is 13.2 Å². The molecule has 0 spiro atoms. The minimum Gasteiger partial charge on any atom is -0.444 e. The average Bonchev–Trinajstić information content (AvgIpc) is 2.37. The Bertz CT molecular complexity index is 354. The third kappa shape index (κ3) is 14.0. The van der Waals surface area contributed by atoms with Crippen LogP contribution in [0.2, 0.25) is 0 Å². The Balaban J connectivity index is 3.96. The number of hydrogen-bond acceptors (Lipinski definition) is 5. The molecule has 0 aliphatic rings.